The number of rotatable bonds is 4. The molecule has 18 heavy (non-hydrogen) atoms. The lowest BCUT2D eigenvalue weighted by Gasteiger charge is -2.10. The number of hydrogen-bond donors (Lipinski definition) is 3. The van der Waals surface area contributed by atoms with Crippen LogP contribution in [0, 0.1) is 0 Å². The molecule has 1 atom stereocenters. The third-order valence-corrected chi connectivity index (χ3v) is 2.85. The fourth-order valence-electron chi connectivity index (χ4n) is 1.79. The summed E-state index contributed by atoms with van der Waals surface area (Å²) < 4.78 is 0. The molecule has 3 N–H and O–H groups in total. The Morgan fingerprint density at radius 3 is 2.61 bits per heavy atom. The number of nitrogens with one attached hydrogen (secondary N) is 1. The number of aliphatic hydroxyl groups is 1. The van der Waals surface area contributed by atoms with E-state index in [0.29, 0.717) is 5.56 Å². The third kappa shape index (κ3) is 2.26. The minimum Gasteiger partial charge on any atom is -0.476 e. The molecule has 2 rings (SSSR count). The van der Waals surface area contributed by atoms with Crippen LogP contribution in [-0.2, 0) is 6.42 Å². The Morgan fingerprint density at radius 1 is 1.39 bits per heavy atom. The van der Waals surface area contributed by atoms with Crippen molar-refractivity contribution in [1.82, 2.24) is 9.97 Å². The van der Waals surface area contributed by atoms with E-state index in [2.05, 4.69) is 9.97 Å². The van der Waals surface area contributed by atoms with E-state index in [9.17, 15) is 9.90 Å². The molecule has 0 radical (unpaired) electrons. The molecule has 0 spiro atoms. The number of carboxylic acids is 1. The summed E-state index contributed by atoms with van der Waals surface area (Å²) in [6.07, 6.45) is 1.17. The summed E-state index contributed by atoms with van der Waals surface area (Å²) in [5.74, 6) is -1.16. The van der Waals surface area contributed by atoms with Crippen molar-refractivity contribution in [2.24, 2.45) is 0 Å². The normalized spacial score (nSPS) is 12.3. The van der Waals surface area contributed by atoms with E-state index in [1.807, 2.05) is 19.1 Å². The lowest BCUT2D eigenvalue weighted by molar-refractivity contribution is 0.0685. The Kier molecular flexibility index (Phi) is 3.43. The van der Waals surface area contributed by atoms with Gasteiger partial charge in [0.05, 0.1) is 12.0 Å². The van der Waals surface area contributed by atoms with E-state index in [0.717, 1.165) is 12.0 Å². The molecule has 0 aliphatic heterocycles. The van der Waals surface area contributed by atoms with Crippen molar-refractivity contribution in [3.63, 3.8) is 0 Å². The van der Waals surface area contributed by atoms with Crippen LogP contribution in [0.25, 0.3) is 0 Å². The predicted molar refractivity (Wildman–Crippen MR) is 65.4 cm³/mol. The fraction of sp³-hybridized carbons (Fsp3) is 0.231. The zero-order chi connectivity index (χ0) is 13.1. The van der Waals surface area contributed by atoms with Gasteiger partial charge in [-0.25, -0.2) is 9.78 Å². The Bertz CT molecular complexity index is 546. The van der Waals surface area contributed by atoms with E-state index in [-0.39, 0.29) is 11.4 Å². The summed E-state index contributed by atoms with van der Waals surface area (Å²) in [5.41, 5.74) is 1.85. The molecular weight excluding hydrogens is 232 g/mol. The monoisotopic (exact) mass is 246 g/mol. The Balaban J connectivity index is 2.32. The molecule has 5 heteroatoms. The highest BCUT2D eigenvalue weighted by molar-refractivity contribution is 5.86. The van der Waals surface area contributed by atoms with Crippen molar-refractivity contribution in [2.75, 3.05) is 0 Å². The smallest absolute Gasteiger partial charge is 0.356 e. The molecule has 0 bridgehead atoms. The number of carbonyl (C=O) groups is 1. The largest absolute Gasteiger partial charge is 0.476 e. The summed E-state index contributed by atoms with van der Waals surface area (Å²) in [5, 5.41) is 19.1. The molecule has 0 fully saturated rings. The van der Waals surface area contributed by atoms with Crippen molar-refractivity contribution in [3.8, 4) is 0 Å². The lowest BCUT2D eigenvalue weighted by atomic mass is 10.0. The SMILES string of the molecule is CCc1ccc(C(O)c2[nH]cnc2C(=O)O)cc1. The van der Waals surface area contributed by atoms with Gasteiger partial charge >= 0.3 is 5.97 Å². The Morgan fingerprint density at radius 2 is 2.06 bits per heavy atom. The first-order valence-electron chi connectivity index (χ1n) is 5.67. The van der Waals surface area contributed by atoms with Gasteiger partial charge in [-0.2, -0.15) is 0 Å². The van der Waals surface area contributed by atoms with E-state index in [4.69, 9.17) is 5.11 Å². The van der Waals surface area contributed by atoms with Crippen LogP contribution in [0.3, 0.4) is 0 Å². The highest BCUT2D eigenvalue weighted by atomic mass is 16.4. The van der Waals surface area contributed by atoms with Gasteiger partial charge in [-0.05, 0) is 17.5 Å². The van der Waals surface area contributed by atoms with E-state index < -0.39 is 12.1 Å². The molecule has 0 aliphatic rings. The van der Waals surface area contributed by atoms with Crippen LogP contribution in [0.2, 0.25) is 0 Å². The number of benzene rings is 1. The zero-order valence-electron chi connectivity index (χ0n) is 9.92. The van der Waals surface area contributed by atoms with Crippen molar-refractivity contribution in [3.05, 3.63) is 53.1 Å². The summed E-state index contributed by atoms with van der Waals surface area (Å²) >= 11 is 0. The highest BCUT2D eigenvalue weighted by Crippen LogP contribution is 2.23. The van der Waals surface area contributed by atoms with Crippen LogP contribution >= 0.6 is 0 Å². The van der Waals surface area contributed by atoms with Crippen molar-refractivity contribution in [2.45, 2.75) is 19.4 Å². The summed E-state index contributed by atoms with van der Waals surface area (Å²) in [6, 6.07) is 7.40. The molecule has 0 saturated carbocycles. The van der Waals surface area contributed by atoms with E-state index in [1.165, 1.54) is 6.33 Å². The highest BCUT2D eigenvalue weighted by Gasteiger charge is 2.21. The molecule has 0 saturated heterocycles. The van der Waals surface area contributed by atoms with Gasteiger partial charge in [-0.15, -0.1) is 0 Å². The first-order chi connectivity index (χ1) is 8.63. The van der Waals surface area contributed by atoms with Crippen molar-refractivity contribution in [1.29, 1.82) is 0 Å². The minimum absolute atomic E-state index is 0.151. The van der Waals surface area contributed by atoms with Gasteiger partial charge in [0.15, 0.2) is 5.69 Å². The first-order valence-corrected chi connectivity index (χ1v) is 5.67. The van der Waals surface area contributed by atoms with Crippen molar-refractivity contribution >= 4 is 5.97 Å². The molecule has 1 unspecified atom stereocenters. The number of H-pyrrole nitrogens is 1. The number of nitrogens with zero attached hydrogens (tertiary/aromatic N) is 1. The van der Waals surface area contributed by atoms with Crippen LogP contribution < -0.4 is 0 Å². The molecule has 1 heterocycles. The van der Waals surface area contributed by atoms with Gasteiger partial charge in [0.1, 0.15) is 6.10 Å². The van der Waals surface area contributed by atoms with Gasteiger partial charge in [0.2, 0.25) is 0 Å². The van der Waals surface area contributed by atoms with Crippen LogP contribution in [-0.4, -0.2) is 26.2 Å². The predicted octanol–water partition coefficient (Wildman–Crippen LogP) is 1.75. The topological polar surface area (TPSA) is 86.2 Å². The molecule has 1 aromatic carbocycles. The average molecular weight is 246 g/mol. The molecule has 94 valence electrons. The Hall–Kier alpha value is -2.14. The van der Waals surface area contributed by atoms with Gasteiger partial charge in [-0.3, -0.25) is 0 Å². The molecule has 0 aliphatic carbocycles. The quantitative estimate of drug-likeness (QED) is 0.767. The standard InChI is InChI=1S/C13H14N2O3/c1-2-8-3-5-9(6-4-8)12(16)10-11(13(17)18)15-7-14-10/h3-7,12,16H,2H2,1H3,(H,14,15)(H,17,18). The number of imidazole rings is 1. The first kappa shape index (κ1) is 12.3. The zero-order valence-corrected chi connectivity index (χ0v) is 9.92. The number of aliphatic hydroxyl groups excluding tert-OH is 1. The Labute approximate surface area is 104 Å². The third-order valence-electron chi connectivity index (χ3n) is 2.85. The van der Waals surface area contributed by atoms with Crippen LogP contribution in [0.5, 0.6) is 0 Å². The van der Waals surface area contributed by atoms with Crippen LogP contribution in [0.4, 0.5) is 0 Å². The van der Waals surface area contributed by atoms with Crippen LogP contribution in [0.1, 0.15) is 40.3 Å². The number of hydrogen-bond acceptors (Lipinski definition) is 3. The van der Waals surface area contributed by atoms with Crippen molar-refractivity contribution < 1.29 is 15.0 Å². The number of aromatic amines is 1. The molecule has 5 nitrogen and oxygen atoms in total. The number of aromatic carboxylic acids is 1. The average Bonchev–Trinajstić information content (AvgIpc) is 2.87. The summed E-state index contributed by atoms with van der Waals surface area (Å²) in [6.45, 7) is 2.04. The number of carboxylic acid groups (broad SMARTS) is 1. The molecule has 2 aromatic rings. The second-order valence-corrected chi connectivity index (χ2v) is 3.97. The van der Waals surface area contributed by atoms with Gasteiger partial charge in [0.25, 0.3) is 0 Å². The maximum absolute atomic E-state index is 10.9. The number of aryl methyl sites for hydroxylation is 1. The molecular formula is C13H14N2O3. The second kappa shape index (κ2) is 5.01. The minimum atomic E-state index is -1.16. The fourth-order valence-corrected chi connectivity index (χ4v) is 1.79. The number of aromatic nitrogens is 2. The molecule has 1 aromatic heterocycles. The maximum atomic E-state index is 10.9. The van der Waals surface area contributed by atoms with Gasteiger partial charge < -0.3 is 15.2 Å². The summed E-state index contributed by atoms with van der Waals surface area (Å²) in [7, 11) is 0. The molecule has 0 amide bonds. The lowest BCUT2D eigenvalue weighted by Crippen LogP contribution is -2.08. The second-order valence-electron chi connectivity index (χ2n) is 3.97. The van der Waals surface area contributed by atoms with E-state index in [1.54, 1.807) is 12.1 Å². The van der Waals surface area contributed by atoms with E-state index >= 15 is 0 Å². The summed E-state index contributed by atoms with van der Waals surface area (Å²) in [4.78, 5) is 17.3. The maximum Gasteiger partial charge on any atom is 0.356 e. The van der Waals surface area contributed by atoms with Gasteiger partial charge in [-0.1, -0.05) is 31.2 Å². The van der Waals surface area contributed by atoms with Gasteiger partial charge in [0, 0.05) is 0 Å². The van der Waals surface area contributed by atoms with Crippen LogP contribution in [0.15, 0.2) is 30.6 Å².